The summed E-state index contributed by atoms with van der Waals surface area (Å²) >= 11 is 0. The Balaban J connectivity index is 3.60. The van der Waals surface area contributed by atoms with Gasteiger partial charge < -0.3 is 9.76 Å². The average Bonchev–Trinajstić information content (AvgIpc) is 1.98. The van der Waals surface area contributed by atoms with Crippen molar-refractivity contribution >= 4 is 19.3 Å². The third-order valence-electron chi connectivity index (χ3n) is 1.35. The highest BCUT2D eigenvalue weighted by Gasteiger charge is 2.14. The van der Waals surface area contributed by atoms with Crippen LogP contribution in [0.25, 0.3) is 0 Å². The summed E-state index contributed by atoms with van der Waals surface area (Å²) in [6.45, 7) is 3.54. The number of carbonyl (C=O) groups is 2. The molecule has 0 heterocycles. The fraction of sp³-hybridized carbons (Fsp3) is 0.667. The molecule has 11 heavy (non-hydrogen) atoms. The van der Waals surface area contributed by atoms with Crippen molar-refractivity contribution in [2.75, 3.05) is 0 Å². The van der Waals surface area contributed by atoms with E-state index in [-0.39, 0.29) is 5.92 Å². The van der Waals surface area contributed by atoms with Crippen LogP contribution in [-0.4, -0.2) is 24.4 Å². The Morgan fingerprint density at radius 1 is 1.64 bits per heavy atom. The lowest BCUT2D eigenvalue weighted by Gasteiger charge is -2.06. The maximum atomic E-state index is 10.8. The standard InChI is InChI=1S/C6H11BO4/c1-3-4(2)5(8)11-7-6(9)10/h4,7H,3H2,1-2H3,(H,9,10). The summed E-state index contributed by atoms with van der Waals surface area (Å²) in [5, 5.41) is 8.14. The minimum atomic E-state index is -1.12. The Morgan fingerprint density at radius 2 is 2.18 bits per heavy atom. The first-order valence-electron chi connectivity index (χ1n) is 3.46. The highest BCUT2D eigenvalue weighted by atomic mass is 16.5. The van der Waals surface area contributed by atoms with Crippen LogP contribution in [-0.2, 0) is 9.45 Å². The van der Waals surface area contributed by atoms with Gasteiger partial charge in [-0.15, -0.1) is 0 Å². The van der Waals surface area contributed by atoms with Crippen LogP contribution in [0.1, 0.15) is 20.3 Å². The van der Waals surface area contributed by atoms with Crippen molar-refractivity contribution in [2.24, 2.45) is 5.92 Å². The van der Waals surface area contributed by atoms with E-state index in [9.17, 15) is 9.59 Å². The first kappa shape index (κ1) is 10.0. The zero-order valence-electron chi connectivity index (χ0n) is 6.66. The van der Waals surface area contributed by atoms with Crippen LogP contribution >= 0.6 is 0 Å². The summed E-state index contributed by atoms with van der Waals surface area (Å²) < 4.78 is 4.42. The SMILES string of the molecule is CCC(C)C(=O)OBC(=O)O. The predicted molar refractivity (Wildman–Crippen MR) is 40.7 cm³/mol. The second kappa shape index (κ2) is 4.76. The van der Waals surface area contributed by atoms with E-state index in [1.165, 1.54) is 0 Å². The molecule has 0 aliphatic rings. The molecule has 0 aromatic rings. The Hall–Kier alpha value is -0.995. The van der Waals surface area contributed by atoms with E-state index >= 15 is 0 Å². The van der Waals surface area contributed by atoms with Gasteiger partial charge in [0.1, 0.15) is 0 Å². The molecular weight excluding hydrogens is 147 g/mol. The van der Waals surface area contributed by atoms with Crippen molar-refractivity contribution in [2.45, 2.75) is 20.3 Å². The van der Waals surface area contributed by atoms with Gasteiger partial charge >= 0.3 is 7.48 Å². The van der Waals surface area contributed by atoms with Gasteiger partial charge in [0.2, 0.25) is 0 Å². The van der Waals surface area contributed by atoms with Crippen LogP contribution in [0.2, 0.25) is 0 Å². The number of carbonyl (C=O) groups excluding carboxylic acids is 1. The summed E-state index contributed by atoms with van der Waals surface area (Å²) in [6.07, 6.45) is 0.665. The third kappa shape index (κ3) is 4.41. The molecule has 0 fully saturated rings. The molecule has 0 aromatic carbocycles. The summed E-state index contributed by atoms with van der Waals surface area (Å²) in [6, 6.07) is 0. The Bertz CT molecular complexity index is 157. The van der Waals surface area contributed by atoms with Gasteiger partial charge in [-0.25, -0.2) is 0 Å². The quantitative estimate of drug-likeness (QED) is 0.608. The van der Waals surface area contributed by atoms with Crippen molar-refractivity contribution in [1.29, 1.82) is 0 Å². The van der Waals surface area contributed by atoms with Crippen LogP contribution in [0.15, 0.2) is 0 Å². The first-order valence-corrected chi connectivity index (χ1v) is 3.46. The minimum Gasteiger partial charge on any atom is -0.526 e. The number of hydrogen-bond acceptors (Lipinski definition) is 3. The van der Waals surface area contributed by atoms with Crippen molar-refractivity contribution in [3.63, 3.8) is 0 Å². The van der Waals surface area contributed by atoms with Gasteiger partial charge in [-0.05, 0) is 6.42 Å². The van der Waals surface area contributed by atoms with Gasteiger partial charge in [-0.1, -0.05) is 13.8 Å². The third-order valence-corrected chi connectivity index (χ3v) is 1.35. The summed E-state index contributed by atoms with van der Waals surface area (Å²) in [7, 11) is -0.539. The Morgan fingerprint density at radius 3 is 2.55 bits per heavy atom. The molecule has 0 saturated carbocycles. The van der Waals surface area contributed by atoms with Crippen LogP contribution in [0.4, 0.5) is 4.79 Å². The molecule has 4 nitrogen and oxygen atoms in total. The van der Waals surface area contributed by atoms with E-state index in [0.717, 1.165) is 0 Å². The average molecular weight is 158 g/mol. The number of carboxylic acid groups (broad SMARTS) is 1. The topological polar surface area (TPSA) is 63.6 Å². The summed E-state index contributed by atoms with van der Waals surface area (Å²) in [4.78, 5) is 20.7. The molecule has 0 rings (SSSR count). The normalized spacial score (nSPS) is 11.8. The lowest BCUT2D eigenvalue weighted by atomic mass is 10.0. The van der Waals surface area contributed by atoms with Gasteiger partial charge in [-0.2, -0.15) is 0 Å². The van der Waals surface area contributed by atoms with Crippen molar-refractivity contribution in [1.82, 2.24) is 0 Å². The molecule has 0 aromatic heterocycles. The lowest BCUT2D eigenvalue weighted by molar-refractivity contribution is -0.138. The molecule has 1 atom stereocenters. The maximum Gasteiger partial charge on any atom is 0.469 e. The molecule has 0 aliphatic carbocycles. The molecule has 0 bridgehead atoms. The zero-order chi connectivity index (χ0) is 8.85. The molecule has 0 saturated heterocycles. The highest BCUT2D eigenvalue weighted by Crippen LogP contribution is 2.01. The zero-order valence-corrected chi connectivity index (χ0v) is 6.66. The molecule has 0 aliphatic heterocycles. The second-order valence-electron chi connectivity index (χ2n) is 2.31. The van der Waals surface area contributed by atoms with E-state index in [1.54, 1.807) is 6.92 Å². The molecule has 0 radical (unpaired) electrons. The highest BCUT2D eigenvalue weighted by molar-refractivity contribution is 6.67. The smallest absolute Gasteiger partial charge is 0.469 e. The monoisotopic (exact) mass is 158 g/mol. The van der Waals surface area contributed by atoms with E-state index in [2.05, 4.69) is 4.65 Å². The summed E-state index contributed by atoms with van der Waals surface area (Å²) in [5.74, 6) is -1.79. The van der Waals surface area contributed by atoms with Crippen molar-refractivity contribution in [3.8, 4) is 0 Å². The molecule has 1 unspecified atom stereocenters. The fourth-order valence-electron chi connectivity index (χ4n) is 0.442. The van der Waals surface area contributed by atoms with Gasteiger partial charge in [0.05, 0.1) is 5.92 Å². The van der Waals surface area contributed by atoms with Crippen LogP contribution in [0.3, 0.4) is 0 Å². The van der Waals surface area contributed by atoms with Gasteiger partial charge in [0, 0.05) is 0 Å². The van der Waals surface area contributed by atoms with E-state index in [4.69, 9.17) is 5.11 Å². The molecule has 1 N–H and O–H groups in total. The van der Waals surface area contributed by atoms with Gasteiger partial charge in [0.15, 0.2) is 0 Å². The maximum absolute atomic E-state index is 10.8. The Labute approximate surface area is 65.8 Å². The fourth-order valence-corrected chi connectivity index (χ4v) is 0.442. The van der Waals surface area contributed by atoms with Crippen LogP contribution in [0, 0.1) is 5.92 Å². The van der Waals surface area contributed by atoms with E-state index in [0.29, 0.717) is 6.42 Å². The number of rotatable bonds is 4. The van der Waals surface area contributed by atoms with Crippen molar-refractivity contribution in [3.05, 3.63) is 0 Å². The van der Waals surface area contributed by atoms with Crippen LogP contribution in [0.5, 0.6) is 0 Å². The molecule has 5 heteroatoms. The van der Waals surface area contributed by atoms with Crippen molar-refractivity contribution < 1.29 is 19.3 Å². The molecule has 62 valence electrons. The molecule has 0 spiro atoms. The second-order valence-corrected chi connectivity index (χ2v) is 2.31. The Kier molecular flexibility index (Phi) is 4.33. The molecule has 0 amide bonds. The molecular formula is C6H11BO4. The lowest BCUT2D eigenvalue weighted by Crippen LogP contribution is -2.20. The van der Waals surface area contributed by atoms with E-state index < -0.39 is 19.3 Å². The number of hydrogen-bond donors (Lipinski definition) is 1. The van der Waals surface area contributed by atoms with Gasteiger partial charge in [0.25, 0.3) is 11.8 Å². The minimum absolute atomic E-state index is 0.214. The van der Waals surface area contributed by atoms with Gasteiger partial charge in [-0.3, -0.25) is 9.59 Å². The predicted octanol–water partition coefficient (Wildman–Crippen LogP) is 0.605. The van der Waals surface area contributed by atoms with Crippen LogP contribution < -0.4 is 0 Å². The first-order chi connectivity index (χ1) is 5.07. The summed E-state index contributed by atoms with van der Waals surface area (Å²) in [5.41, 5.74) is 0. The van der Waals surface area contributed by atoms with E-state index in [1.807, 2.05) is 6.92 Å². The largest absolute Gasteiger partial charge is 0.526 e.